The molecule has 0 radical (unpaired) electrons. The molecule has 0 fully saturated rings. The van der Waals surface area contributed by atoms with E-state index < -0.39 is 0 Å². The second-order valence-corrected chi connectivity index (χ2v) is 4.77. The summed E-state index contributed by atoms with van der Waals surface area (Å²) in [6.45, 7) is 4.19. The van der Waals surface area contributed by atoms with Crippen LogP contribution < -0.4 is 0 Å². The maximum atomic E-state index is 8.57. The van der Waals surface area contributed by atoms with Gasteiger partial charge in [-0.1, -0.05) is 11.8 Å². The predicted molar refractivity (Wildman–Crippen MR) is 66.5 cm³/mol. The van der Waals surface area contributed by atoms with Gasteiger partial charge in [0.15, 0.2) is 5.16 Å². The van der Waals surface area contributed by atoms with Gasteiger partial charge in [-0.25, -0.2) is 4.98 Å². The van der Waals surface area contributed by atoms with Crippen molar-refractivity contribution in [2.75, 3.05) is 5.75 Å². The van der Waals surface area contributed by atoms with Crippen molar-refractivity contribution in [3.63, 3.8) is 0 Å². The number of fused-ring (bicyclic) bond motifs is 1. The Morgan fingerprint density at radius 1 is 1.38 bits per heavy atom. The van der Waals surface area contributed by atoms with Gasteiger partial charge in [0.1, 0.15) is 0 Å². The first-order valence-corrected chi connectivity index (χ1v) is 6.05. The van der Waals surface area contributed by atoms with Crippen LogP contribution in [0, 0.1) is 25.2 Å². The van der Waals surface area contributed by atoms with Crippen molar-refractivity contribution in [3.05, 3.63) is 23.3 Å². The molecule has 0 bridgehead atoms. The highest BCUT2D eigenvalue weighted by atomic mass is 32.2. The Hall–Kier alpha value is -1.47. The number of aromatic nitrogens is 2. The molecule has 0 unspecified atom stereocenters. The number of rotatable bonds is 2. The summed E-state index contributed by atoms with van der Waals surface area (Å²) in [6.07, 6.45) is 0. The van der Waals surface area contributed by atoms with Gasteiger partial charge in [-0.2, -0.15) is 5.26 Å². The molecule has 1 aromatic carbocycles. The minimum Gasteiger partial charge on any atom is -0.322 e. The predicted octanol–water partition coefficient (Wildman–Crippen LogP) is 2.81. The zero-order valence-electron chi connectivity index (χ0n) is 9.61. The second kappa shape index (κ2) is 4.18. The molecule has 16 heavy (non-hydrogen) atoms. The first-order chi connectivity index (χ1) is 7.63. The molecule has 0 aliphatic rings. The molecular formula is C12H13N3S. The number of benzene rings is 1. The molecule has 1 heterocycles. The third-order valence-electron chi connectivity index (χ3n) is 2.72. The number of thioether (sulfide) groups is 1. The van der Waals surface area contributed by atoms with Gasteiger partial charge >= 0.3 is 0 Å². The normalized spacial score (nSPS) is 10.6. The summed E-state index contributed by atoms with van der Waals surface area (Å²) in [5.41, 5.74) is 4.66. The van der Waals surface area contributed by atoms with E-state index >= 15 is 0 Å². The quantitative estimate of drug-likeness (QED) is 0.746. The van der Waals surface area contributed by atoms with E-state index in [4.69, 9.17) is 5.26 Å². The first kappa shape index (κ1) is 11.0. The number of nitrogens with zero attached hydrogens (tertiary/aromatic N) is 3. The van der Waals surface area contributed by atoms with Gasteiger partial charge < -0.3 is 4.57 Å². The zero-order valence-corrected chi connectivity index (χ0v) is 10.4. The molecule has 0 spiro atoms. The van der Waals surface area contributed by atoms with Gasteiger partial charge in [-0.3, -0.25) is 0 Å². The summed E-state index contributed by atoms with van der Waals surface area (Å²) >= 11 is 1.48. The Morgan fingerprint density at radius 3 is 2.75 bits per heavy atom. The van der Waals surface area contributed by atoms with Crippen LogP contribution in [0.5, 0.6) is 0 Å². The number of imidazole rings is 1. The molecule has 2 aromatic rings. The van der Waals surface area contributed by atoms with E-state index in [-0.39, 0.29) is 0 Å². The Balaban J connectivity index is 2.56. The van der Waals surface area contributed by atoms with E-state index in [1.165, 1.54) is 22.9 Å². The SMILES string of the molecule is Cc1cc2nc(SCC#N)n(C)c2cc1C. The molecule has 0 amide bonds. The minimum absolute atomic E-state index is 0.440. The Morgan fingerprint density at radius 2 is 2.06 bits per heavy atom. The Labute approximate surface area is 99.1 Å². The lowest BCUT2D eigenvalue weighted by Crippen LogP contribution is -1.91. The number of hydrogen-bond acceptors (Lipinski definition) is 3. The fourth-order valence-corrected chi connectivity index (χ4v) is 2.30. The molecule has 0 aliphatic heterocycles. The molecule has 0 N–H and O–H groups in total. The van der Waals surface area contributed by atoms with Crippen molar-refractivity contribution in [3.8, 4) is 6.07 Å². The van der Waals surface area contributed by atoms with E-state index in [0.717, 1.165) is 16.2 Å². The van der Waals surface area contributed by atoms with Gasteiger partial charge in [0.05, 0.1) is 22.9 Å². The molecule has 0 aliphatic carbocycles. The zero-order chi connectivity index (χ0) is 11.7. The molecule has 1 aromatic heterocycles. The van der Waals surface area contributed by atoms with Crippen LogP contribution in [0.2, 0.25) is 0 Å². The third kappa shape index (κ3) is 1.79. The van der Waals surface area contributed by atoms with E-state index in [1.54, 1.807) is 0 Å². The molecular weight excluding hydrogens is 218 g/mol. The molecule has 2 rings (SSSR count). The van der Waals surface area contributed by atoms with Crippen molar-refractivity contribution >= 4 is 22.8 Å². The van der Waals surface area contributed by atoms with E-state index in [0.29, 0.717) is 5.75 Å². The highest BCUT2D eigenvalue weighted by molar-refractivity contribution is 7.99. The number of nitriles is 1. The van der Waals surface area contributed by atoms with Gasteiger partial charge in [0.25, 0.3) is 0 Å². The summed E-state index contributed by atoms with van der Waals surface area (Å²) < 4.78 is 2.05. The van der Waals surface area contributed by atoms with E-state index in [9.17, 15) is 0 Å². The smallest absolute Gasteiger partial charge is 0.169 e. The van der Waals surface area contributed by atoms with Crippen LogP contribution >= 0.6 is 11.8 Å². The topological polar surface area (TPSA) is 41.6 Å². The summed E-state index contributed by atoms with van der Waals surface area (Å²) in [7, 11) is 1.99. The van der Waals surface area contributed by atoms with Crippen LogP contribution in [0.1, 0.15) is 11.1 Å². The lowest BCUT2D eigenvalue weighted by atomic mass is 10.1. The molecule has 0 atom stereocenters. The van der Waals surface area contributed by atoms with E-state index in [2.05, 4.69) is 37.0 Å². The molecule has 3 nitrogen and oxygen atoms in total. The minimum atomic E-state index is 0.440. The molecule has 0 saturated carbocycles. The first-order valence-electron chi connectivity index (χ1n) is 5.07. The van der Waals surface area contributed by atoms with Crippen LogP contribution in [0.3, 0.4) is 0 Å². The van der Waals surface area contributed by atoms with Gasteiger partial charge in [-0.15, -0.1) is 0 Å². The number of aryl methyl sites for hydroxylation is 3. The third-order valence-corrected chi connectivity index (χ3v) is 3.62. The number of hydrogen-bond donors (Lipinski definition) is 0. The fourth-order valence-electron chi connectivity index (χ4n) is 1.65. The van der Waals surface area contributed by atoms with Crippen molar-refractivity contribution < 1.29 is 0 Å². The summed E-state index contributed by atoms with van der Waals surface area (Å²) in [5.74, 6) is 0.440. The van der Waals surface area contributed by atoms with Crippen molar-refractivity contribution in [1.82, 2.24) is 9.55 Å². The Bertz CT molecular complexity index is 578. The van der Waals surface area contributed by atoms with Crippen molar-refractivity contribution in [1.29, 1.82) is 5.26 Å². The van der Waals surface area contributed by atoms with Crippen LogP contribution in [0.15, 0.2) is 17.3 Å². The van der Waals surface area contributed by atoms with Gasteiger partial charge in [0, 0.05) is 7.05 Å². The molecule has 0 saturated heterocycles. The van der Waals surface area contributed by atoms with Gasteiger partial charge in [0.2, 0.25) is 0 Å². The second-order valence-electron chi connectivity index (χ2n) is 3.83. The molecule has 82 valence electrons. The monoisotopic (exact) mass is 231 g/mol. The van der Waals surface area contributed by atoms with Crippen LogP contribution in [-0.2, 0) is 7.05 Å². The average molecular weight is 231 g/mol. The fraction of sp³-hybridized carbons (Fsp3) is 0.333. The highest BCUT2D eigenvalue weighted by Crippen LogP contribution is 2.24. The summed E-state index contributed by atoms with van der Waals surface area (Å²) in [6, 6.07) is 6.37. The maximum Gasteiger partial charge on any atom is 0.169 e. The lowest BCUT2D eigenvalue weighted by molar-refractivity contribution is 0.816. The highest BCUT2D eigenvalue weighted by Gasteiger charge is 2.09. The van der Waals surface area contributed by atoms with Crippen molar-refractivity contribution in [2.24, 2.45) is 7.05 Å². The maximum absolute atomic E-state index is 8.57. The van der Waals surface area contributed by atoms with Crippen LogP contribution in [-0.4, -0.2) is 15.3 Å². The lowest BCUT2D eigenvalue weighted by Gasteiger charge is -2.01. The van der Waals surface area contributed by atoms with Crippen molar-refractivity contribution in [2.45, 2.75) is 19.0 Å². The summed E-state index contributed by atoms with van der Waals surface area (Å²) in [5, 5.41) is 9.48. The standard InChI is InChI=1S/C12H13N3S/c1-8-6-10-11(7-9(8)2)15(3)12(14-10)16-5-4-13/h6-7H,5H2,1-3H3. The summed E-state index contributed by atoms with van der Waals surface area (Å²) in [4.78, 5) is 4.53. The van der Waals surface area contributed by atoms with Crippen LogP contribution in [0.4, 0.5) is 0 Å². The van der Waals surface area contributed by atoms with Crippen LogP contribution in [0.25, 0.3) is 11.0 Å². The van der Waals surface area contributed by atoms with Gasteiger partial charge in [-0.05, 0) is 37.1 Å². The average Bonchev–Trinajstić information content (AvgIpc) is 2.54. The Kier molecular flexibility index (Phi) is 2.88. The largest absolute Gasteiger partial charge is 0.322 e. The molecule has 4 heteroatoms. The van der Waals surface area contributed by atoms with E-state index in [1.807, 2.05) is 11.6 Å².